The molecular formula is C31H51N7. The summed E-state index contributed by atoms with van der Waals surface area (Å²) in [5.74, 6) is 2.38. The predicted molar refractivity (Wildman–Crippen MR) is 162 cm³/mol. The Morgan fingerprint density at radius 1 is 0.447 bits per heavy atom. The van der Waals surface area contributed by atoms with Crippen LogP contribution >= 0.6 is 0 Å². The fraction of sp³-hybridized carbons (Fsp3) is 0.452. The summed E-state index contributed by atoms with van der Waals surface area (Å²) in [6.45, 7) is 21.5. The van der Waals surface area contributed by atoms with Crippen LogP contribution in [0.1, 0.15) is 94.2 Å². The highest BCUT2D eigenvalue weighted by Crippen LogP contribution is 2.04. The average molecular weight is 522 g/mol. The van der Waals surface area contributed by atoms with E-state index in [1.54, 1.807) is 12.4 Å². The molecule has 0 spiro atoms. The average Bonchev–Trinajstić information content (AvgIpc) is 2.87. The van der Waals surface area contributed by atoms with Crippen molar-refractivity contribution in [2.45, 2.75) is 97.4 Å². The smallest absolute Gasteiger partial charge is 0.129 e. The summed E-state index contributed by atoms with van der Waals surface area (Å²) in [5.41, 5.74) is 6.24. The van der Waals surface area contributed by atoms with Gasteiger partial charge < -0.3 is 0 Å². The van der Waals surface area contributed by atoms with Gasteiger partial charge in [-0.3, -0.25) is 19.9 Å². The van der Waals surface area contributed by atoms with Gasteiger partial charge in [-0.2, -0.15) is 0 Å². The third-order valence-corrected chi connectivity index (χ3v) is 4.50. The van der Waals surface area contributed by atoms with E-state index in [-0.39, 0.29) is 14.9 Å². The van der Waals surface area contributed by atoms with Crippen molar-refractivity contribution in [3.8, 4) is 0 Å². The first kappa shape index (κ1) is 38.9. The second kappa shape index (κ2) is 22.6. The van der Waals surface area contributed by atoms with Gasteiger partial charge in [0.25, 0.3) is 0 Å². The van der Waals surface area contributed by atoms with E-state index in [9.17, 15) is 0 Å². The van der Waals surface area contributed by atoms with E-state index >= 15 is 0 Å². The lowest BCUT2D eigenvalue weighted by Crippen LogP contribution is -1.97. The Morgan fingerprint density at radius 2 is 0.737 bits per heavy atom. The molecule has 210 valence electrons. The molecule has 0 aliphatic heterocycles. The lowest BCUT2D eigenvalue weighted by atomic mass is 10.2. The van der Waals surface area contributed by atoms with E-state index in [1.807, 2.05) is 113 Å². The molecule has 4 aromatic rings. The van der Waals surface area contributed by atoms with Crippen LogP contribution in [0.4, 0.5) is 0 Å². The minimum absolute atomic E-state index is 0. The standard InChI is InChI=1S/C11H10N2.C8H12N2.C6H9N3.2C2H6.2CH4/c1-3-7-12-10(5-1)9-11-6-2-4-8-13-11;1-5-6(2)10-8(4)7(3)9-5;1-4-7-5(2)9-6(3)8-4;2*1-2;;/h1-8H,9H2;1-4H3;1-3H3;2*1-2H3;2*1H4. The van der Waals surface area contributed by atoms with Gasteiger partial charge in [-0.05, 0) is 72.7 Å². The van der Waals surface area contributed by atoms with E-state index in [0.29, 0.717) is 0 Å². The Balaban J connectivity index is -0.000000449. The van der Waals surface area contributed by atoms with Gasteiger partial charge in [0, 0.05) is 30.2 Å². The Labute approximate surface area is 232 Å². The third-order valence-electron chi connectivity index (χ3n) is 4.50. The minimum Gasteiger partial charge on any atom is -0.261 e. The van der Waals surface area contributed by atoms with Gasteiger partial charge in [0.2, 0.25) is 0 Å². The number of nitrogens with zero attached hydrogens (tertiary/aromatic N) is 7. The van der Waals surface area contributed by atoms with Gasteiger partial charge in [0.05, 0.1) is 22.8 Å². The largest absolute Gasteiger partial charge is 0.261 e. The maximum Gasteiger partial charge on any atom is 0.129 e. The molecule has 0 unspecified atom stereocenters. The number of hydrogen-bond acceptors (Lipinski definition) is 7. The quantitative estimate of drug-likeness (QED) is 0.265. The van der Waals surface area contributed by atoms with Crippen molar-refractivity contribution in [1.82, 2.24) is 34.9 Å². The molecule has 4 rings (SSSR count). The first-order chi connectivity index (χ1) is 17.2. The molecule has 0 aromatic carbocycles. The fourth-order valence-corrected chi connectivity index (χ4v) is 2.80. The molecule has 0 saturated carbocycles. The lowest BCUT2D eigenvalue weighted by Gasteiger charge is -2.01. The van der Waals surface area contributed by atoms with Gasteiger partial charge in [0.15, 0.2) is 0 Å². The summed E-state index contributed by atoms with van der Waals surface area (Å²) >= 11 is 0. The number of aromatic nitrogens is 7. The lowest BCUT2D eigenvalue weighted by molar-refractivity contribution is 0.875. The summed E-state index contributed by atoms with van der Waals surface area (Å²) < 4.78 is 0. The molecule has 0 bridgehead atoms. The number of hydrogen-bond donors (Lipinski definition) is 0. The van der Waals surface area contributed by atoms with Crippen LogP contribution in [0, 0.1) is 48.5 Å². The summed E-state index contributed by atoms with van der Waals surface area (Å²) in [6, 6.07) is 11.8. The second-order valence-corrected chi connectivity index (χ2v) is 7.36. The monoisotopic (exact) mass is 521 g/mol. The van der Waals surface area contributed by atoms with Gasteiger partial charge in [-0.25, -0.2) is 15.0 Å². The first-order valence-corrected chi connectivity index (χ1v) is 12.5. The van der Waals surface area contributed by atoms with E-state index < -0.39 is 0 Å². The molecular weight excluding hydrogens is 470 g/mol. The van der Waals surface area contributed by atoms with Crippen molar-refractivity contribution in [3.05, 3.63) is 100 Å². The van der Waals surface area contributed by atoms with Crippen LogP contribution in [0.25, 0.3) is 0 Å². The van der Waals surface area contributed by atoms with Crippen LogP contribution < -0.4 is 0 Å². The highest BCUT2D eigenvalue weighted by atomic mass is 15.0. The van der Waals surface area contributed by atoms with Gasteiger partial charge >= 0.3 is 0 Å². The molecule has 4 aromatic heterocycles. The molecule has 7 heteroatoms. The number of rotatable bonds is 2. The molecule has 0 atom stereocenters. The molecule has 0 radical (unpaired) electrons. The molecule has 0 amide bonds. The van der Waals surface area contributed by atoms with Crippen molar-refractivity contribution < 1.29 is 0 Å². The number of aryl methyl sites for hydroxylation is 7. The summed E-state index contributed by atoms with van der Waals surface area (Å²) in [6.07, 6.45) is 4.41. The Morgan fingerprint density at radius 3 is 0.974 bits per heavy atom. The molecule has 0 fully saturated rings. The van der Waals surface area contributed by atoms with E-state index in [0.717, 1.165) is 58.1 Å². The molecule has 38 heavy (non-hydrogen) atoms. The normalized spacial score (nSPS) is 8.61. The van der Waals surface area contributed by atoms with Gasteiger partial charge in [0.1, 0.15) is 17.5 Å². The summed E-state index contributed by atoms with van der Waals surface area (Å²) in [4.78, 5) is 29.1. The molecule has 7 nitrogen and oxygen atoms in total. The van der Waals surface area contributed by atoms with Gasteiger partial charge in [-0.15, -0.1) is 0 Å². The molecule has 0 aliphatic carbocycles. The molecule has 0 N–H and O–H groups in total. The van der Waals surface area contributed by atoms with Gasteiger partial charge in [-0.1, -0.05) is 54.7 Å². The molecule has 0 aliphatic rings. The SMILES string of the molecule is C.C.CC.CC.Cc1nc(C)c(C)nc1C.Cc1nc(C)nc(C)n1.c1ccc(Cc2ccccn2)nc1. The highest BCUT2D eigenvalue weighted by molar-refractivity contribution is 5.16. The van der Waals surface area contributed by atoms with Crippen LogP contribution in [0.15, 0.2) is 48.8 Å². The van der Waals surface area contributed by atoms with Crippen molar-refractivity contribution in [3.63, 3.8) is 0 Å². The second-order valence-electron chi connectivity index (χ2n) is 7.36. The molecule has 4 heterocycles. The number of pyridine rings is 2. The van der Waals surface area contributed by atoms with Crippen LogP contribution in [0.3, 0.4) is 0 Å². The Bertz CT molecular complexity index is 978. The zero-order chi connectivity index (χ0) is 27.5. The zero-order valence-electron chi connectivity index (χ0n) is 24.0. The fourth-order valence-electron chi connectivity index (χ4n) is 2.80. The zero-order valence-corrected chi connectivity index (χ0v) is 24.0. The van der Waals surface area contributed by atoms with E-state index in [1.165, 1.54) is 0 Å². The Hall–Kier alpha value is -3.61. The van der Waals surface area contributed by atoms with Crippen molar-refractivity contribution >= 4 is 0 Å². The summed E-state index contributed by atoms with van der Waals surface area (Å²) in [5, 5.41) is 0. The first-order valence-electron chi connectivity index (χ1n) is 12.5. The highest BCUT2D eigenvalue weighted by Gasteiger charge is 1.99. The van der Waals surface area contributed by atoms with E-state index in [4.69, 9.17) is 0 Å². The maximum atomic E-state index is 4.31. The van der Waals surface area contributed by atoms with Crippen LogP contribution in [0.2, 0.25) is 0 Å². The third kappa shape index (κ3) is 16.2. The topological polar surface area (TPSA) is 90.2 Å². The van der Waals surface area contributed by atoms with Crippen LogP contribution in [-0.4, -0.2) is 34.9 Å². The van der Waals surface area contributed by atoms with Crippen molar-refractivity contribution in [1.29, 1.82) is 0 Å². The summed E-state index contributed by atoms with van der Waals surface area (Å²) in [7, 11) is 0. The van der Waals surface area contributed by atoms with Crippen LogP contribution in [0.5, 0.6) is 0 Å². The van der Waals surface area contributed by atoms with Crippen molar-refractivity contribution in [2.75, 3.05) is 0 Å². The Kier molecular flexibility index (Phi) is 23.1. The van der Waals surface area contributed by atoms with Crippen molar-refractivity contribution in [2.24, 2.45) is 0 Å². The van der Waals surface area contributed by atoms with Crippen LogP contribution in [-0.2, 0) is 6.42 Å². The van der Waals surface area contributed by atoms with E-state index in [2.05, 4.69) is 34.9 Å². The maximum absolute atomic E-state index is 4.31. The molecule has 0 saturated heterocycles. The minimum atomic E-state index is 0. The predicted octanol–water partition coefficient (Wildman–Crippen LogP) is 7.90.